The summed E-state index contributed by atoms with van der Waals surface area (Å²) in [5.41, 5.74) is 6.14. The average Bonchev–Trinajstić information content (AvgIpc) is 3.74. The number of alkyl halides is 2. The van der Waals surface area contributed by atoms with Crippen molar-refractivity contribution in [2.24, 2.45) is 23.5 Å². The van der Waals surface area contributed by atoms with Crippen LogP contribution in [0.4, 0.5) is 18.9 Å². The molecule has 0 spiro atoms. The van der Waals surface area contributed by atoms with Gasteiger partial charge in [-0.2, -0.15) is 5.10 Å². The molecule has 3 aliphatic rings. The first-order chi connectivity index (χ1) is 19.1. The highest BCUT2D eigenvalue weighted by Crippen LogP contribution is 2.51. The largest absolute Gasteiger partial charge is 0.369 e. The van der Waals surface area contributed by atoms with E-state index in [0.717, 1.165) is 25.7 Å². The zero-order valence-electron chi connectivity index (χ0n) is 23.3. The maximum absolute atomic E-state index is 14.8. The second-order valence-electron chi connectivity index (χ2n) is 11.0. The zero-order valence-corrected chi connectivity index (χ0v) is 23.3. The lowest BCUT2D eigenvalue weighted by molar-refractivity contribution is -0.120. The standard InChI is InChI=1S/C25H32FN5O3.C3H6.CH2F2/c1-13(2)31-20(10-11-28-31)24(33)30-22(21(15-4-5-15)16-6-7-16)25(34)29-19-9-8-17(12-18(19)26)14(3)23(27)32;1-2-3-1;2-1-3/h8-16,21-22H,4-7H2,1-3H3,(H2,27,32)(H,29,34)(H,30,33);1-3H2;1H2. The average molecular weight is 564 g/mol. The van der Waals surface area contributed by atoms with Crippen molar-refractivity contribution in [1.29, 1.82) is 0 Å². The number of primary amides is 1. The molecule has 2 aromatic rings. The van der Waals surface area contributed by atoms with Gasteiger partial charge in [0.1, 0.15) is 17.6 Å². The van der Waals surface area contributed by atoms with Gasteiger partial charge >= 0.3 is 0 Å². The lowest BCUT2D eigenvalue weighted by Crippen LogP contribution is -2.50. The topological polar surface area (TPSA) is 119 Å². The SMILES string of the molecule is C1CC1.CC(C(N)=O)c1ccc(NC(=O)C(NC(=O)c2ccnn2C(C)C)C(C2CC2)C2CC2)c(F)c1.FCF. The first-order valence-corrected chi connectivity index (χ1v) is 13.9. The molecule has 4 N–H and O–H groups in total. The fourth-order valence-corrected chi connectivity index (χ4v) is 4.63. The number of anilines is 1. The van der Waals surface area contributed by atoms with Gasteiger partial charge in [-0.05, 0) is 88.0 Å². The second-order valence-corrected chi connectivity index (χ2v) is 11.0. The number of hydrogen-bond acceptors (Lipinski definition) is 4. The number of carbonyl (C=O) groups is 3. The number of nitrogens with one attached hydrogen (secondary N) is 2. The fourth-order valence-electron chi connectivity index (χ4n) is 4.63. The molecule has 2 atom stereocenters. The minimum atomic E-state index is -1.75. The Hall–Kier alpha value is -3.37. The molecule has 3 saturated carbocycles. The number of hydrogen-bond donors (Lipinski definition) is 3. The van der Waals surface area contributed by atoms with Crippen LogP contribution in [0.15, 0.2) is 30.5 Å². The highest BCUT2D eigenvalue weighted by atomic mass is 19.3. The van der Waals surface area contributed by atoms with Crippen LogP contribution in [0, 0.1) is 23.6 Å². The fraction of sp³-hybridized carbons (Fsp3) is 0.586. The van der Waals surface area contributed by atoms with Gasteiger partial charge in [0.05, 0.1) is 11.6 Å². The molecule has 5 rings (SSSR count). The van der Waals surface area contributed by atoms with Crippen molar-refractivity contribution in [2.75, 3.05) is 12.2 Å². The first kappa shape index (κ1) is 31.2. The molecule has 3 amide bonds. The van der Waals surface area contributed by atoms with E-state index >= 15 is 0 Å². The van der Waals surface area contributed by atoms with Crippen molar-refractivity contribution in [3.8, 4) is 0 Å². The summed E-state index contributed by atoms with van der Waals surface area (Å²) in [6.45, 7) is 3.70. The zero-order chi connectivity index (χ0) is 29.4. The van der Waals surface area contributed by atoms with E-state index in [1.54, 1.807) is 29.9 Å². The molecular formula is C29H40F3N5O3. The van der Waals surface area contributed by atoms with Gasteiger partial charge in [0, 0.05) is 12.2 Å². The molecule has 0 bridgehead atoms. The van der Waals surface area contributed by atoms with E-state index in [9.17, 15) is 27.6 Å². The number of amides is 3. The molecule has 1 aromatic carbocycles. The van der Waals surface area contributed by atoms with E-state index in [1.165, 1.54) is 31.4 Å². The molecule has 40 heavy (non-hydrogen) atoms. The van der Waals surface area contributed by atoms with Crippen molar-refractivity contribution < 1.29 is 27.6 Å². The molecule has 1 heterocycles. The number of aromatic nitrogens is 2. The van der Waals surface area contributed by atoms with Crippen LogP contribution in [0.1, 0.15) is 93.7 Å². The Labute approximate surface area is 233 Å². The maximum Gasteiger partial charge on any atom is 0.270 e. The van der Waals surface area contributed by atoms with Gasteiger partial charge in [0.2, 0.25) is 18.7 Å². The molecule has 220 valence electrons. The molecule has 2 unspecified atom stereocenters. The van der Waals surface area contributed by atoms with E-state index in [4.69, 9.17) is 5.73 Å². The highest BCUT2D eigenvalue weighted by molar-refractivity contribution is 6.01. The van der Waals surface area contributed by atoms with E-state index in [-0.39, 0.29) is 23.6 Å². The number of halogens is 3. The highest BCUT2D eigenvalue weighted by Gasteiger charge is 2.48. The van der Waals surface area contributed by atoms with E-state index in [2.05, 4.69) is 15.7 Å². The van der Waals surface area contributed by atoms with Crippen LogP contribution in [0.5, 0.6) is 0 Å². The normalized spacial score (nSPS) is 17.1. The van der Waals surface area contributed by atoms with Crippen molar-refractivity contribution >= 4 is 23.4 Å². The number of carbonyl (C=O) groups excluding carboxylic acids is 3. The Morgan fingerprint density at radius 2 is 1.60 bits per heavy atom. The van der Waals surface area contributed by atoms with Crippen LogP contribution >= 0.6 is 0 Å². The van der Waals surface area contributed by atoms with Gasteiger partial charge < -0.3 is 16.4 Å². The second kappa shape index (κ2) is 14.3. The van der Waals surface area contributed by atoms with Gasteiger partial charge in [0.15, 0.2) is 0 Å². The van der Waals surface area contributed by atoms with Crippen LogP contribution in [0.3, 0.4) is 0 Å². The Balaban J connectivity index is 0.000000662. The first-order valence-electron chi connectivity index (χ1n) is 13.9. The molecule has 0 aliphatic heterocycles. The molecule has 1 aromatic heterocycles. The number of nitrogens with two attached hydrogens (primary N) is 1. The van der Waals surface area contributed by atoms with Gasteiger partial charge in [-0.25, -0.2) is 13.2 Å². The van der Waals surface area contributed by atoms with E-state index in [1.807, 2.05) is 13.8 Å². The monoisotopic (exact) mass is 563 g/mol. The van der Waals surface area contributed by atoms with Gasteiger partial charge in [-0.1, -0.05) is 25.3 Å². The lowest BCUT2D eigenvalue weighted by Gasteiger charge is -2.28. The summed E-state index contributed by atoms with van der Waals surface area (Å²) in [5.74, 6) is -1.91. The van der Waals surface area contributed by atoms with Crippen LogP contribution in [-0.4, -0.2) is 40.5 Å². The summed E-state index contributed by atoms with van der Waals surface area (Å²) in [7, 11) is 0. The Bertz CT molecular complexity index is 1150. The van der Waals surface area contributed by atoms with Gasteiger partial charge in [-0.15, -0.1) is 0 Å². The van der Waals surface area contributed by atoms with Crippen molar-refractivity contribution in [2.45, 2.75) is 83.7 Å². The molecule has 0 radical (unpaired) electrons. The Kier molecular flexibility index (Phi) is 11.2. The predicted molar refractivity (Wildman–Crippen MR) is 146 cm³/mol. The maximum atomic E-state index is 14.8. The molecule has 3 aliphatic carbocycles. The molecule has 11 heteroatoms. The third-order valence-electron chi connectivity index (χ3n) is 7.21. The third-order valence-corrected chi connectivity index (χ3v) is 7.21. The predicted octanol–water partition coefficient (Wildman–Crippen LogP) is 5.42. The summed E-state index contributed by atoms with van der Waals surface area (Å²) < 4.78 is 35.7. The smallest absolute Gasteiger partial charge is 0.270 e. The van der Waals surface area contributed by atoms with Crippen LogP contribution in [0.2, 0.25) is 0 Å². The van der Waals surface area contributed by atoms with Crippen LogP contribution < -0.4 is 16.4 Å². The quantitative estimate of drug-likeness (QED) is 0.358. The van der Waals surface area contributed by atoms with Crippen molar-refractivity contribution in [3.63, 3.8) is 0 Å². The molecular weight excluding hydrogens is 523 g/mol. The molecule has 0 saturated heterocycles. The number of rotatable bonds is 10. The van der Waals surface area contributed by atoms with Crippen LogP contribution in [-0.2, 0) is 9.59 Å². The molecule has 8 nitrogen and oxygen atoms in total. The van der Waals surface area contributed by atoms with E-state index < -0.39 is 36.5 Å². The van der Waals surface area contributed by atoms with Gasteiger partial charge in [-0.3, -0.25) is 19.1 Å². The number of nitrogens with zero attached hydrogens (tertiary/aromatic N) is 2. The van der Waals surface area contributed by atoms with Crippen molar-refractivity contribution in [3.05, 3.63) is 47.5 Å². The summed E-state index contributed by atoms with van der Waals surface area (Å²) in [6.07, 6.45) is 10.2. The summed E-state index contributed by atoms with van der Waals surface area (Å²) in [4.78, 5) is 38.0. The number of benzene rings is 1. The Morgan fingerprint density at radius 1 is 1.02 bits per heavy atom. The lowest BCUT2D eigenvalue weighted by atomic mass is 9.88. The third kappa shape index (κ3) is 8.82. The molecule has 3 fully saturated rings. The van der Waals surface area contributed by atoms with Crippen molar-refractivity contribution in [1.82, 2.24) is 15.1 Å². The summed E-state index contributed by atoms with van der Waals surface area (Å²) in [6, 6.07) is 5.04. The van der Waals surface area contributed by atoms with Gasteiger partial charge in [0.25, 0.3) is 5.91 Å². The van der Waals surface area contributed by atoms with E-state index in [0.29, 0.717) is 23.1 Å². The Morgan fingerprint density at radius 3 is 2.05 bits per heavy atom. The van der Waals surface area contributed by atoms with Crippen LogP contribution in [0.25, 0.3) is 0 Å². The minimum Gasteiger partial charge on any atom is -0.369 e. The minimum absolute atomic E-state index is 0.00207. The summed E-state index contributed by atoms with van der Waals surface area (Å²) in [5, 5.41) is 9.83. The summed E-state index contributed by atoms with van der Waals surface area (Å²) >= 11 is 0.